The molecule has 0 aromatic rings. The maximum absolute atomic E-state index is 9.82. The Hall–Kier alpha value is -1.50. The molecule has 0 saturated carbocycles. The molecule has 2 bridgehead atoms. The van der Waals surface area contributed by atoms with E-state index in [1.54, 1.807) is 6.08 Å². The Morgan fingerprint density at radius 3 is 3.00 bits per heavy atom. The Labute approximate surface area is 77.1 Å². The lowest BCUT2D eigenvalue weighted by atomic mass is 9.70. The zero-order valence-corrected chi connectivity index (χ0v) is 7.20. The number of rotatable bonds is 0. The SMILES string of the molecule is OC1=CC=C2C=CC3=CC=CC12C3. The van der Waals surface area contributed by atoms with Crippen molar-refractivity contribution in [3.05, 3.63) is 59.4 Å². The fourth-order valence-corrected chi connectivity index (χ4v) is 2.28. The third kappa shape index (κ3) is 0.718. The minimum absolute atomic E-state index is 0.209. The van der Waals surface area contributed by atoms with Gasteiger partial charge in [-0.1, -0.05) is 36.5 Å². The molecular formula is C12H10O. The van der Waals surface area contributed by atoms with E-state index in [0.29, 0.717) is 5.76 Å². The van der Waals surface area contributed by atoms with Gasteiger partial charge >= 0.3 is 0 Å². The Morgan fingerprint density at radius 2 is 2.08 bits per heavy atom. The smallest absolute Gasteiger partial charge is 0.107 e. The van der Waals surface area contributed by atoms with Crippen molar-refractivity contribution in [3.63, 3.8) is 0 Å². The average Bonchev–Trinajstić information content (AvgIpc) is 2.44. The molecule has 3 aliphatic carbocycles. The van der Waals surface area contributed by atoms with Gasteiger partial charge in [0.2, 0.25) is 0 Å². The number of hydrogen-bond acceptors (Lipinski definition) is 1. The van der Waals surface area contributed by atoms with Crippen molar-refractivity contribution >= 4 is 0 Å². The van der Waals surface area contributed by atoms with Gasteiger partial charge in [0.05, 0.1) is 5.41 Å². The first kappa shape index (κ1) is 6.96. The summed E-state index contributed by atoms with van der Waals surface area (Å²) in [7, 11) is 0. The molecule has 64 valence electrons. The van der Waals surface area contributed by atoms with Crippen molar-refractivity contribution < 1.29 is 5.11 Å². The molecule has 0 fully saturated rings. The Balaban J connectivity index is 2.26. The fourth-order valence-electron chi connectivity index (χ4n) is 2.28. The number of allylic oxidation sites excluding steroid dienone is 8. The van der Waals surface area contributed by atoms with Crippen molar-refractivity contribution in [2.45, 2.75) is 6.42 Å². The highest BCUT2D eigenvalue weighted by molar-refractivity contribution is 5.56. The van der Waals surface area contributed by atoms with Crippen LogP contribution in [0, 0.1) is 5.41 Å². The van der Waals surface area contributed by atoms with Crippen LogP contribution >= 0.6 is 0 Å². The van der Waals surface area contributed by atoms with Crippen LogP contribution in [-0.4, -0.2) is 5.11 Å². The van der Waals surface area contributed by atoms with Crippen LogP contribution in [-0.2, 0) is 0 Å². The molecule has 0 amide bonds. The molecule has 0 heterocycles. The predicted molar refractivity (Wildman–Crippen MR) is 52.2 cm³/mol. The highest BCUT2D eigenvalue weighted by Crippen LogP contribution is 2.50. The van der Waals surface area contributed by atoms with Gasteiger partial charge in [0.25, 0.3) is 0 Å². The summed E-state index contributed by atoms with van der Waals surface area (Å²) in [5, 5.41) is 9.82. The second kappa shape index (κ2) is 2.05. The van der Waals surface area contributed by atoms with Crippen molar-refractivity contribution in [1.82, 2.24) is 0 Å². The van der Waals surface area contributed by atoms with Gasteiger partial charge < -0.3 is 5.11 Å². The lowest BCUT2D eigenvalue weighted by Gasteiger charge is -2.34. The van der Waals surface area contributed by atoms with Gasteiger partial charge in [-0.3, -0.25) is 0 Å². The average molecular weight is 170 g/mol. The molecule has 1 spiro atoms. The second-order valence-electron chi connectivity index (χ2n) is 3.76. The van der Waals surface area contributed by atoms with Crippen LogP contribution in [0.1, 0.15) is 6.42 Å². The van der Waals surface area contributed by atoms with Crippen LogP contribution in [0.4, 0.5) is 0 Å². The first-order chi connectivity index (χ1) is 6.31. The van der Waals surface area contributed by atoms with Gasteiger partial charge in [0.15, 0.2) is 0 Å². The normalized spacial score (nSPS) is 33.7. The van der Waals surface area contributed by atoms with E-state index in [4.69, 9.17) is 0 Å². The summed E-state index contributed by atoms with van der Waals surface area (Å²) in [6, 6.07) is 0. The van der Waals surface area contributed by atoms with E-state index in [9.17, 15) is 5.11 Å². The molecule has 1 atom stereocenters. The zero-order chi connectivity index (χ0) is 8.89. The molecule has 1 N–H and O–H groups in total. The third-order valence-corrected chi connectivity index (χ3v) is 3.04. The molecular weight excluding hydrogens is 160 g/mol. The lowest BCUT2D eigenvalue weighted by Crippen LogP contribution is -2.24. The van der Waals surface area contributed by atoms with E-state index in [2.05, 4.69) is 24.3 Å². The molecule has 0 saturated heterocycles. The third-order valence-electron chi connectivity index (χ3n) is 3.04. The quantitative estimate of drug-likeness (QED) is 0.592. The summed E-state index contributed by atoms with van der Waals surface area (Å²) in [5.41, 5.74) is 2.29. The van der Waals surface area contributed by atoms with Crippen LogP contribution in [0.5, 0.6) is 0 Å². The summed E-state index contributed by atoms with van der Waals surface area (Å²) < 4.78 is 0. The number of fused-ring (bicyclic) bond motifs is 1. The van der Waals surface area contributed by atoms with Crippen LogP contribution in [0.15, 0.2) is 59.4 Å². The minimum Gasteiger partial charge on any atom is -0.511 e. The Bertz CT molecular complexity index is 418. The van der Waals surface area contributed by atoms with Gasteiger partial charge in [-0.05, 0) is 23.6 Å². The summed E-state index contributed by atoms with van der Waals surface area (Å²) in [4.78, 5) is 0. The molecule has 1 unspecified atom stereocenters. The zero-order valence-electron chi connectivity index (χ0n) is 7.20. The van der Waals surface area contributed by atoms with Crippen molar-refractivity contribution in [1.29, 1.82) is 0 Å². The predicted octanol–water partition coefficient (Wildman–Crippen LogP) is 2.81. The van der Waals surface area contributed by atoms with Gasteiger partial charge in [-0.25, -0.2) is 0 Å². The molecule has 13 heavy (non-hydrogen) atoms. The molecule has 0 aliphatic heterocycles. The lowest BCUT2D eigenvalue weighted by molar-refractivity contribution is 0.305. The van der Waals surface area contributed by atoms with E-state index in [-0.39, 0.29) is 5.41 Å². The fraction of sp³-hybridized carbons (Fsp3) is 0.167. The maximum Gasteiger partial charge on any atom is 0.107 e. The van der Waals surface area contributed by atoms with Gasteiger partial charge in [-0.15, -0.1) is 0 Å². The van der Waals surface area contributed by atoms with Gasteiger partial charge in [-0.2, -0.15) is 0 Å². The van der Waals surface area contributed by atoms with E-state index >= 15 is 0 Å². The summed E-state index contributed by atoms with van der Waals surface area (Å²) in [5.74, 6) is 0.480. The monoisotopic (exact) mass is 170 g/mol. The second-order valence-corrected chi connectivity index (χ2v) is 3.76. The topological polar surface area (TPSA) is 20.2 Å². The van der Waals surface area contributed by atoms with Gasteiger partial charge in [0.1, 0.15) is 5.76 Å². The molecule has 0 radical (unpaired) electrons. The van der Waals surface area contributed by atoms with Crippen LogP contribution in [0.2, 0.25) is 0 Å². The number of aliphatic hydroxyl groups excluding tert-OH is 1. The molecule has 3 rings (SSSR count). The summed E-state index contributed by atoms with van der Waals surface area (Å²) in [6.07, 6.45) is 15.2. The molecule has 1 heteroatoms. The van der Waals surface area contributed by atoms with Crippen LogP contribution < -0.4 is 0 Å². The molecule has 3 aliphatic rings. The van der Waals surface area contributed by atoms with E-state index < -0.39 is 0 Å². The van der Waals surface area contributed by atoms with Gasteiger partial charge in [0, 0.05) is 0 Å². The highest BCUT2D eigenvalue weighted by atomic mass is 16.3. The standard InChI is InChI=1S/C12H10O/c13-11-6-5-10-4-3-9-2-1-7-12(10,11)8-9/h1-7,13H,8H2. The van der Waals surface area contributed by atoms with Crippen LogP contribution in [0.3, 0.4) is 0 Å². The summed E-state index contributed by atoms with van der Waals surface area (Å²) >= 11 is 0. The highest BCUT2D eigenvalue weighted by Gasteiger charge is 2.40. The molecule has 0 aromatic carbocycles. The Kier molecular flexibility index (Phi) is 1.10. The first-order valence-corrected chi connectivity index (χ1v) is 4.50. The molecule has 0 aromatic heterocycles. The molecule has 1 nitrogen and oxygen atoms in total. The van der Waals surface area contributed by atoms with Crippen molar-refractivity contribution in [2.75, 3.05) is 0 Å². The van der Waals surface area contributed by atoms with E-state index in [1.165, 1.54) is 11.1 Å². The first-order valence-electron chi connectivity index (χ1n) is 4.50. The van der Waals surface area contributed by atoms with E-state index in [0.717, 1.165) is 6.42 Å². The minimum atomic E-state index is -0.209. The maximum atomic E-state index is 9.82. The summed E-state index contributed by atoms with van der Waals surface area (Å²) in [6.45, 7) is 0. The van der Waals surface area contributed by atoms with Crippen molar-refractivity contribution in [2.24, 2.45) is 5.41 Å². The number of hydrogen-bond donors (Lipinski definition) is 1. The van der Waals surface area contributed by atoms with Crippen molar-refractivity contribution in [3.8, 4) is 0 Å². The largest absolute Gasteiger partial charge is 0.511 e. The Morgan fingerprint density at radius 1 is 1.15 bits per heavy atom. The number of aliphatic hydroxyl groups is 1. The van der Waals surface area contributed by atoms with E-state index in [1.807, 2.05) is 12.2 Å². The van der Waals surface area contributed by atoms with Crippen LogP contribution in [0.25, 0.3) is 0 Å².